The number of methoxy groups -OCH3 is 1. The molecule has 2 fully saturated rings. The van der Waals surface area contributed by atoms with Gasteiger partial charge in [-0.1, -0.05) is 12.1 Å². The number of fused-ring (bicyclic) bond motifs is 3. The molecule has 1 aliphatic heterocycles. The molecule has 2 unspecified atom stereocenters. The van der Waals surface area contributed by atoms with E-state index in [1.165, 1.54) is 25.3 Å². The van der Waals surface area contributed by atoms with E-state index in [1.807, 2.05) is 16.7 Å². The summed E-state index contributed by atoms with van der Waals surface area (Å²) in [6.07, 6.45) is 5.69. The highest BCUT2D eigenvalue weighted by Crippen LogP contribution is 2.41. The molecule has 4 aromatic rings. The van der Waals surface area contributed by atoms with Crippen LogP contribution >= 0.6 is 0 Å². The normalized spacial score (nSPS) is 21.1. The number of ether oxygens (including phenoxy) is 1. The van der Waals surface area contributed by atoms with E-state index >= 15 is 0 Å². The van der Waals surface area contributed by atoms with Gasteiger partial charge in [0.1, 0.15) is 17.5 Å². The zero-order valence-electron chi connectivity index (χ0n) is 19.7. The van der Waals surface area contributed by atoms with E-state index in [0.29, 0.717) is 45.8 Å². The molecule has 2 aromatic carbocycles. The van der Waals surface area contributed by atoms with E-state index in [0.717, 1.165) is 25.9 Å². The molecular formula is C27H24F2N6O. The summed E-state index contributed by atoms with van der Waals surface area (Å²) < 4.78 is 36.5. The van der Waals surface area contributed by atoms with Crippen molar-refractivity contribution in [2.75, 3.05) is 25.1 Å². The highest BCUT2D eigenvalue weighted by atomic mass is 19.1. The molecule has 9 heteroatoms. The van der Waals surface area contributed by atoms with Gasteiger partial charge in [-0.2, -0.15) is 5.26 Å². The third kappa shape index (κ3) is 3.48. The predicted octanol–water partition coefficient (Wildman–Crippen LogP) is 4.40. The summed E-state index contributed by atoms with van der Waals surface area (Å²) in [6.45, 7) is 1.55. The molecule has 2 bridgehead atoms. The number of hydrogen-bond donors (Lipinski definition) is 1. The Balaban J connectivity index is 1.59. The molecule has 6 rings (SSSR count). The van der Waals surface area contributed by atoms with Crippen molar-refractivity contribution < 1.29 is 13.5 Å². The number of halogens is 2. The van der Waals surface area contributed by atoms with E-state index in [4.69, 9.17) is 15.5 Å². The van der Waals surface area contributed by atoms with Crippen molar-refractivity contribution in [1.29, 1.82) is 5.26 Å². The van der Waals surface area contributed by atoms with Crippen molar-refractivity contribution in [1.82, 2.24) is 14.4 Å². The van der Waals surface area contributed by atoms with Crippen molar-refractivity contribution >= 4 is 11.6 Å². The van der Waals surface area contributed by atoms with Gasteiger partial charge in [-0.25, -0.2) is 18.7 Å². The molecule has 1 aliphatic carbocycles. The molecule has 0 spiro atoms. The molecule has 7 nitrogen and oxygen atoms in total. The van der Waals surface area contributed by atoms with E-state index in [9.17, 15) is 14.0 Å². The molecule has 2 atom stereocenters. The van der Waals surface area contributed by atoms with Crippen molar-refractivity contribution in [3.8, 4) is 34.2 Å². The molecule has 36 heavy (non-hydrogen) atoms. The number of rotatable bonds is 4. The second kappa shape index (κ2) is 8.57. The Labute approximate surface area is 206 Å². The van der Waals surface area contributed by atoms with Gasteiger partial charge < -0.3 is 15.4 Å². The third-order valence-corrected chi connectivity index (χ3v) is 7.52. The van der Waals surface area contributed by atoms with Crippen molar-refractivity contribution in [3.63, 3.8) is 0 Å². The van der Waals surface area contributed by atoms with Gasteiger partial charge in [-0.15, -0.1) is 0 Å². The van der Waals surface area contributed by atoms with Crippen LogP contribution in [0.4, 0.5) is 14.7 Å². The standard InChI is InChI=1S/C27H24F2N6O/c1-36-22-7-6-15(10-21(22)29)23-25(16-2-3-17(12-30)20(28)11-16)33-27(35-9-8-32-26(23)35)34-13-18-4-5-19(14-34)24(18)31/h2-3,6-11,18-19,24H,4-5,13-14,31H2,1H3. The van der Waals surface area contributed by atoms with E-state index < -0.39 is 11.6 Å². The SMILES string of the molecule is COc1ccc(-c2c(-c3ccc(C#N)c(F)c3)nc(N3CC4CCC(C3)C4N)n3ccnc23)cc1F. The quantitative estimate of drug-likeness (QED) is 0.460. The first kappa shape index (κ1) is 22.4. The molecule has 182 valence electrons. The number of nitrogens with zero attached hydrogens (tertiary/aromatic N) is 5. The Morgan fingerprint density at radius 3 is 2.44 bits per heavy atom. The van der Waals surface area contributed by atoms with Crippen LogP contribution in [-0.2, 0) is 0 Å². The van der Waals surface area contributed by atoms with Crippen LogP contribution in [0.25, 0.3) is 28.0 Å². The Morgan fingerprint density at radius 1 is 1.06 bits per heavy atom. The van der Waals surface area contributed by atoms with Gasteiger partial charge >= 0.3 is 0 Å². The highest BCUT2D eigenvalue weighted by Gasteiger charge is 2.41. The smallest absolute Gasteiger partial charge is 0.211 e. The van der Waals surface area contributed by atoms with Gasteiger partial charge in [0, 0.05) is 37.1 Å². The van der Waals surface area contributed by atoms with Crippen LogP contribution < -0.4 is 15.4 Å². The number of anilines is 1. The van der Waals surface area contributed by atoms with Crippen LogP contribution in [-0.4, -0.2) is 40.6 Å². The summed E-state index contributed by atoms with van der Waals surface area (Å²) in [5, 5.41) is 9.21. The average Bonchev–Trinajstić information content (AvgIpc) is 3.43. The Bertz CT molecular complexity index is 1510. The number of benzene rings is 2. The van der Waals surface area contributed by atoms with Crippen molar-refractivity contribution in [3.05, 3.63) is 66.0 Å². The maximum Gasteiger partial charge on any atom is 0.211 e. The molecule has 2 aliphatic rings. The largest absolute Gasteiger partial charge is 0.494 e. The minimum absolute atomic E-state index is 0.0560. The first-order valence-corrected chi connectivity index (χ1v) is 11.9. The molecule has 1 saturated carbocycles. The Morgan fingerprint density at radius 2 is 1.78 bits per heavy atom. The monoisotopic (exact) mass is 486 g/mol. The molecule has 2 aromatic heterocycles. The van der Waals surface area contributed by atoms with Gasteiger partial charge in [0.25, 0.3) is 0 Å². The summed E-state index contributed by atoms with van der Waals surface area (Å²) in [7, 11) is 1.41. The lowest BCUT2D eigenvalue weighted by atomic mass is 9.93. The minimum atomic E-state index is -0.643. The molecule has 3 heterocycles. The van der Waals surface area contributed by atoms with Gasteiger partial charge in [0.2, 0.25) is 5.95 Å². The molecule has 0 radical (unpaired) electrons. The van der Waals surface area contributed by atoms with Crippen molar-refractivity contribution in [2.24, 2.45) is 17.6 Å². The fourth-order valence-corrected chi connectivity index (χ4v) is 5.67. The first-order chi connectivity index (χ1) is 17.5. The van der Waals surface area contributed by atoms with Crippen LogP contribution in [0.1, 0.15) is 18.4 Å². The maximum atomic E-state index is 14.8. The fourth-order valence-electron chi connectivity index (χ4n) is 5.67. The molecule has 1 saturated heterocycles. The van der Waals surface area contributed by atoms with Crippen LogP contribution in [0.5, 0.6) is 5.75 Å². The van der Waals surface area contributed by atoms with Gasteiger partial charge in [0.15, 0.2) is 11.6 Å². The van der Waals surface area contributed by atoms with Crippen LogP contribution in [0.15, 0.2) is 48.8 Å². The number of aromatic nitrogens is 3. The summed E-state index contributed by atoms with van der Waals surface area (Å²) in [6, 6.07) is 11.1. The lowest BCUT2D eigenvalue weighted by molar-refractivity contribution is 0.353. The van der Waals surface area contributed by atoms with Crippen LogP contribution in [0, 0.1) is 34.8 Å². The highest BCUT2D eigenvalue weighted by molar-refractivity contribution is 5.91. The molecule has 2 N–H and O–H groups in total. The number of piperidine rings is 1. The molecular weight excluding hydrogens is 462 g/mol. The minimum Gasteiger partial charge on any atom is -0.494 e. The zero-order chi connectivity index (χ0) is 25.0. The Kier molecular flexibility index (Phi) is 5.34. The lowest BCUT2D eigenvalue weighted by Crippen LogP contribution is -2.49. The summed E-state index contributed by atoms with van der Waals surface area (Å²) >= 11 is 0. The second-order valence-electron chi connectivity index (χ2n) is 9.49. The average molecular weight is 487 g/mol. The number of hydrogen-bond acceptors (Lipinski definition) is 6. The van der Waals surface area contributed by atoms with Crippen LogP contribution in [0.3, 0.4) is 0 Å². The topological polar surface area (TPSA) is 92.5 Å². The van der Waals surface area contributed by atoms with Gasteiger partial charge in [-0.3, -0.25) is 4.40 Å². The van der Waals surface area contributed by atoms with Gasteiger partial charge in [-0.05, 0) is 54.5 Å². The zero-order valence-corrected chi connectivity index (χ0v) is 19.7. The summed E-state index contributed by atoms with van der Waals surface area (Å²) in [5.74, 6) is 0.404. The first-order valence-electron chi connectivity index (χ1n) is 11.9. The maximum absolute atomic E-state index is 14.8. The van der Waals surface area contributed by atoms with Crippen LogP contribution in [0.2, 0.25) is 0 Å². The Hall–Kier alpha value is -4.03. The summed E-state index contributed by atoms with van der Waals surface area (Å²) in [5.41, 5.74) is 8.98. The fraction of sp³-hybridized carbons (Fsp3) is 0.296. The third-order valence-electron chi connectivity index (χ3n) is 7.52. The lowest BCUT2D eigenvalue weighted by Gasteiger charge is -2.37. The van der Waals surface area contributed by atoms with E-state index in [2.05, 4.69) is 9.88 Å². The predicted molar refractivity (Wildman–Crippen MR) is 131 cm³/mol. The number of imidazole rings is 1. The second-order valence-corrected chi connectivity index (χ2v) is 9.49. The van der Waals surface area contributed by atoms with E-state index in [-0.39, 0.29) is 17.4 Å². The van der Waals surface area contributed by atoms with Gasteiger partial charge in [0.05, 0.1) is 23.9 Å². The number of nitrogens with two attached hydrogens (primary N) is 1. The number of nitriles is 1. The van der Waals surface area contributed by atoms with E-state index in [1.54, 1.807) is 24.4 Å². The molecule has 0 amide bonds. The van der Waals surface area contributed by atoms with Crippen molar-refractivity contribution in [2.45, 2.75) is 18.9 Å². The summed E-state index contributed by atoms with van der Waals surface area (Å²) in [4.78, 5) is 11.9.